The molecule has 3 N–H and O–H groups in total. The molecule has 0 saturated heterocycles. The summed E-state index contributed by atoms with van der Waals surface area (Å²) in [6.07, 6.45) is 4.06. The van der Waals surface area contributed by atoms with Gasteiger partial charge in [-0.3, -0.25) is 0 Å². The average Bonchev–Trinajstić information content (AvgIpc) is 1.80. The molecular formula is C8H13ClN2. The van der Waals surface area contributed by atoms with Crippen LogP contribution in [0.15, 0.2) is 12.2 Å². The Morgan fingerprint density at radius 2 is 2.18 bits per heavy atom. The predicted octanol–water partition coefficient (Wildman–Crippen LogP) is 1.68. The summed E-state index contributed by atoms with van der Waals surface area (Å²) in [6.45, 7) is 3.75. The van der Waals surface area contributed by atoms with E-state index < -0.39 is 10.4 Å². The van der Waals surface area contributed by atoms with Crippen molar-refractivity contribution in [2.45, 2.75) is 30.7 Å². The number of hydrogen-bond acceptors (Lipinski definition) is 2. The molecule has 1 rings (SSSR count). The molecule has 0 bridgehead atoms. The van der Waals surface area contributed by atoms with Crippen LogP contribution >= 0.6 is 11.6 Å². The first-order valence-corrected chi connectivity index (χ1v) is 3.97. The Labute approximate surface area is 71.9 Å². The van der Waals surface area contributed by atoms with Crippen molar-refractivity contribution in [3.05, 3.63) is 12.2 Å². The molecule has 0 aliphatic heterocycles. The highest BCUT2D eigenvalue weighted by atomic mass is 35.5. The first-order valence-electron chi connectivity index (χ1n) is 3.60. The lowest BCUT2D eigenvalue weighted by atomic mass is 9.78. The summed E-state index contributed by atoms with van der Waals surface area (Å²) in [5.74, 6) is 0. The molecule has 0 aromatic rings. The van der Waals surface area contributed by atoms with Gasteiger partial charge in [0.1, 0.15) is 0 Å². The normalized spacial score (nSPS) is 44.5. The van der Waals surface area contributed by atoms with E-state index in [2.05, 4.69) is 0 Å². The van der Waals surface area contributed by atoms with Gasteiger partial charge in [-0.1, -0.05) is 6.08 Å². The van der Waals surface area contributed by atoms with Gasteiger partial charge < -0.3 is 11.1 Å². The van der Waals surface area contributed by atoms with Gasteiger partial charge in [0.2, 0.25) is 0 Å². The maximum atomic E-state index is 7.40. The van der Waals surface area contributed by atoms with Crippen LogP contribution in [0, 0.1) is 5.41 Å². The maximum absolute atomic E-state index is 7.40. The fraction of sp³-hybridized carbons (Fsp3) is 0.625. The number of nitrogens with two attached hydrogens (primary N) is 1. The van der Waals surface area contributed by atoms with Crippen LogP contribution in [-0.4, -0.2) is 16.1 Å². The van der Waals surface area contributed by atoms with E-state index in [0.29, 0.717) is 12.1 Å². The molecule has 1 aliphatic carbocycles. The molecule has 11 heavy (non-hydrogen) atoms. The summed E-state index contributed by atoms with van der Waals surface area (Å²) < 4.78 is 0. The number of hydrogen-bond donors (Lipinski definition) is 2. The molecule has 2 atom stereocenters. The molecular weight excluding hydrogens is 160 g/mol. The summed E-state index contributed by atoms with van der Waals surface area (Å²) in [7, 11) is 0. The molecule has 0 aromatic carbocycles. The second-order valence-electron chi connectivity index (χ2n) is 3.53. The molecule has 0 fully saturated rings. The standard InChI is InChI=1S/C8H13ClN2/c1-7(9)4-3-6(10)5-8(7,2)11/h3-4,10H,5,11H2,1-2H3. The van der Waals surface area contributed by atoms with Crippen molar-refractivity contribution < 1.29 is 0 Å². The minimum absolute atomic E-state index is 0.500. The number of halogens is 1. The van der Waals surface area contributed by atoms with Crippen molar-refractivity contribution in [2.75, 3.05) is 0 Å². The molecule has 0 saturated carbocycles. The van der Waals surface area contributed by atoms with Gasteiger partial charge in [0.15, 0.2) is 0 Å². The Morgan fingerprint density at radius 1 is 1.64 bits per heavy atom. The van der Waals surface area contributed by atoms with E-state index in [-0.39, 0.29) is 0 Å². The van der Waals surface area contributed by atoms with Crippen LogP contribution in [0.4, 0.5) is 0 Å². The first kappa shape index (κ1) is 8.75. The Bertz CT molecular complexity index is 216. The quantitative estimate of drug-likeness (QED) is 0.537. The summed E-state index contributed by atoms with van der Waals surface area (Å²) in [5, 5.41) is 7.40. The predicted molar refractivity (Wildman–Crippen MR) is 48.3 cm³/mol. The maximum Gasteiger partial charge on any atom is 0.0781 e. The van der Waals surface area contributed by atoms with Gasteiger partial charge in [0.05, 0.1) is 4.87 Å². The van der Waals surface area contributed by atoms with Crippen LogP contribution in [0.1, 0.15) is 20.3 Å². The largest absolute Gasteiger partial charge is 0.323 e. The molecule has 0 heterocycles. The molecule has 3 heteroatoms. The molecule has 0 radical (unpaired) electrons. The van der Waals surface area contributed by atoms with Crippen molar-refractivity contribution in [3.63, 3.8) is 0 Å². The zero-order valence-corrected chi connectivity index (χ0v) is 7.57. The van der Waals surface area contributed by atoms with Gasteiger partial charge in [-0.25, -0.2) is 0 Å². The molecule has 0 amide bonds. The van der Waals surface area contributed by atoms with Crippen molar-refractivity contribution in [2.24, 2.45) is 5.73 Å². The van der Waals surface area contributed by atoms with Crippen molar-refractivity contribution in [1.82, 2.24) is 0 Å². The number of nitrogens with one attached hydrogen (secondary N) is 1. The average molecular weight is 173 g/mol. The lowest BCUT2D eigenvalue weighted by Gasteiger charge is -2.39. The topological polar surface area (TPSA) is 49.9 Å². The lowest BCUT2D eigenvalue weighted by molar-refractivity contribution is 0.405. The van der Waals surface area contributed by atoms with E-state index in [9.17, 15) is 0 Å². The molecule has 2 unspecified atom stereocenters. The van der Waals surface area contributed by atoms with E-state index in [1.54, 1.807) is 12.2 Å². The minimum Gasteiger partial charge on any atom is -0.323 e. The van der Waals surface area contributed by atoms with Crippen LogP contribution in [0.5, 0.6) is 0 Å². The Morgan fingerprint density at radius 3 is 2.55 bits per heavy atom. The third-order valence-electron chi connectivity index (χ3n) is 2.27. The summed E-state index contributed by atoms with van der Waals surface area (Å²) in [6, 6.07) is 0. The number of rotatable bonds is 0. The smallest absolute Gasteiger partial charge is 0.0781 e. The van der Waals surface area contributed by atoms with Crippen LogP contribution < -0.4 is 5.73 Å². The van der Waals surface area contributed by atoms with Crippen LogP contribution in [0.2, 0.25) is 0 Å². The molecule has 0 aromatic heterocycles. The van der Waals surface area contributed by atoms with Gasteiger partial charge >= 0.3 is 0 Å². The molecule has 0 spiro atoms. The highest BCUT2D eigenvalue weighted by Gasteiger charge is 2.40. The lowest BCUT2D eigenvalue weighted by Crippen LogP contribution is -2.55. The molecule has 62 valence electrons. The van der Waals surface area contributed by atoms with Gasteiger partial charge in [0.25, 0.3) is 0 Å². The minimum atomic E-state index is -0.516. The van der Waals surface area contributed by atoms with Crippen LogP contribution in [0.25, 0.3) is 0 Å². The summed E-state index contributed by atoms with van der Waals surface area (Å²) in [5.41, 5.74) is 5.97. The van der Waals surface area contributed by atoms with E-state index in [4.69, 9.17) is 22.7 Å². The van der Waals surface area contributed by atoms with Crippen LogP contribution in [-0.2, 0) is 0 Å². The zero-order valence-electron chi connectivity index (χ0n) is 6.82. The van der Waals surface area contributed by atoms with Gasteiger partial charge in [-0.2, -0.15) is 0 Å². The van der Waals surface area contributed by atoms with Gasteiger partial charge in [-0.15, -0.1) is 11.6 Å². The molecule has 1 aliphatic rings. The van der Waals surface area contributed by atoms with Gasteiger partial charge in [0, 0.05) is 17.7 Å². The Balaban J connectivity index is 3.00. The fourth-order valence-corrected chi connectivity index (χ4v) is 1.20. The van der Waals surface area contributed by atoms with E-state index in [1.807, 2.05) is 13.8 Å². The third kappa shape index (κ3) is 1.47. The van der Waals surface area contributed by atoms with Crippen molar-refractivity contribution >= 4 is 17.3 Å². The highest BCUT2D eigenvalue weighted by molar-refractivity contribution is 6.27. The van der Waals surface area contributed by atoms with Crippen molar-refractivity contribution in [1.29, 1.82) is 5.41 Å². The third-order valence-corrected chi connectivity index (χ3v) is 2.83. The molecule has 2 nitrogen and oxygen atoms in total. The second-order valence-corrected chi connectivity index (χ2v) is 4.31. The number of alkyl halides is 1. The van der Waals surface area contributed by atoms with E-state index in [0.717, 1.165) is 0 Å². The van der Waals surface area contributed by atoms with Crippen LogP contribution in [0.3, 0.4) is 0 Å². The zero-order chi connectivity index (χ0) is 8.70. The van der Waals surface area contributed by atoms with Crippen molar-refractivity contribution in [3.8, 4) is 0 Å². The summed E-state index contributed by atoms with van der Waals surface area (Å²) >= 11 is 6.12. The SMILES string of the molecule is CC1(Cl)C=CC(=N)CC1(C)N. The number of allylic oxidation sites excluding steroid dienone is 1. The summed E-state index contributed by atoms with van der Waals surface area (Å²) in [4.78, 5) is -0.516. The Hall–Kier alpha value is -0.340. The fourth-order valence-electron chi connectivity index (χ4n) is 1.07. The Kier molecular flexibility index (Phi) is 1.85. The monoisotopic (exact) mass is 172 g/mol. The van der Waals surface area contributed by atoms with E-state index in [1.165, 1.54) is 0 Å². The second kappa shape index (κ2) is 2.32. The van der Waals surface area contributed by atoms with E-state index >= 15 is 0 Å². The highest BCUT2D eigenvalue weighted by Crippen LogP contribution is 2.34. The van der Waals surface area contributed by atoms with Gasteiger partial charge in [-0.05, 0) is 19.9 Å². The first-order chi connectivity index (χ1) is 4.85.